The molecule has 0 saturated carbocycles. The first kappa shape index (κ1) is 15.7. The van der Waals surface area contributed by atoms with E-state index in [1.165, 1.54) is 11.1 Å². The van der Waals surface area contributed by atoms with E-state index in [0.29, 0.717) is 0 Å². The fraction of sp³-hybridized carbons (Fsp3) is 0.294. The second-order valence-electron chi connectivity index (χ2n) is 5.13. The number of methoxy groups -OCH3 is 1. The number of hydrogen-bond donors (Lipinski definition) is 1. The van der Waals surface area contributed by atoms with Gasteiger partial charge in [-0.05, 0) is 35.4 Å². The Hall–Kier alpha value is -1.71. The number of halogens is 1. The Morgan fingerprint density at radius 2 is 1.62 bits per heavy atom. The lowest BCUT2D eigenvalue weighted by atomic mass is 10.1. The minimum Gasteiger partial charge on any atom is -0.495 e. The van der Waals surface area contributed by atoms with Gasteiger partial charge in [0.1, 0.15) is 5.75 Å². The first-order chi connectivity index (χ1) is 10.1. The summed E-state index contributed by atoms with van der Waals surface area (Å²) < 4.78 is 5.44. The summed E-state index contributed by atoms with van der Waals surface area (Å²) in [6, 6.07) is 14.2. The zero-order valence-electron chi connectivity index (χ0n) is 12.7. The van der Waals surface area contributed by atoms with E-state index in [4.69, 9.17) is 16.3 Å². The third kappa shape index (κ3) is 4.38. The molecule has 2 rings (SSSR count). The van der Waals surface area contributed by atoms with Crippen molar-refractivity contribution in [1.29, 1.82) is 0 Å². The van der Waals surface area contributed by atoms with Crippen molar-refractivity contribution in [2.75, 3.05) is 26.1 Å². The van der Waals surface area contributed by atoms with E-state index in [0.717, 1.165) is 29.5 Å². The first-order valence-corrected chi connectivity index (χ1v) is 7.27. The minimum absolute atomic E-state index is 0.766. The summed E-state index contributed by atoms with van der Waals surface area (Å²) in [7, 11) is 5.72. The molecule has 0 saturated heterocycles. The van der Waals surface area contributed by atoms with Gasteiger partial charge in [0.05, 0.1) is 12.8 Å². The summed E-state index contributed by atoms with van der Waals surface area (Å²) in [6.07, 6.45) is 0. The first-order valence-electron chi connectivity index (χ1n) is 6.89. The molecule has 2 aromatic carbocycles. The van der Waals surface area contributed by atoms with Gasteiger partial charge in [0.25, 0.3) is 0 Å². The zero-order valence-corrected chi connectivity index (χ0v) is 13.4. The molecule has 21 heavy (non-hydrogen) atoms. The predicted octanol–water partition coefficient (Wildman–Crippen LogP) is 3.70. The third-order valence-electron chi connectivity index (χ3n) is 3.30. The van der Waals surface area contributed by atoms with Crippen molar-refractivity contribution in [2.24, 2.45) is 0 Å². The number of ether oxygens (including phenoxy) is 1. The van der Waals surface area contributed by atoms with Crippen LogP contribution in [0.25, 0.3) is 0 Å². The molecule has 2 aromatic rings. The SMILES string of the molecule is COc1cc(CNCc2ccc(Cl)cc2)ccc1N(C)C. The monoisotopic (exact) mass is 304 g/mol. The minimum atomic E-state index is 0.766. The number of nitrogens with zero attached hydrogens (tertiary/aromatic N) is 1. The molecule has 0 fully saturated rings. The molecule has 0 spiro atoms. The van der Waals surface area contributed by atoms with Gasteiger partial charge in [0, 0.05) is 32.2 Å². The molecule has 0 radical (unpaired) electrons. The van der Waals surface area contributed by atoms with Crippen LogP contribution in [0.15, 0.2) is 42.5 Å². The molecule has 0 aliphatic heterocycles. The van der Waals surface area contributed by atoms with E-state index in [1.807, 2.05) is 43.3 Å². The van der Waals surface area contributed by atoms with E-state index in [1.54, 1.807) is 7.11 Å². The Balaban J connectivity index is 1.95. The number of nitrogens with one attached hydrogen (secondary N) is 1. The van der Waals surface area contributed by atoms with Gasteiger partial charge in [-0.1, -0.05) is 29.8 Å². The van der Waals surface area contributed by atoms with Crippen LogP contribution in [0.4, 0.5) is 5.69 Å². The molecule has 0 bridgehead atoms. The maximum Gasteiger partial charge on any atom is 0.142 e. The molecule has 0 atom stereocenters. The second kappa shape index (κ2) is 7.34. The molecule has 0 amide bonds. The molecular formula is C17H21ClN2O. The normalized spacial score (nSPS) is 10.5. The van der Waals surface area contributed by atoms with Crippen LogP contribution < -0.4 is 15.0 Å². The topological polar surface area (TPSA) is 24.5 Å². The van der Waals surface area contributed by atoms with Crippen LogP contribution in [-0.4, -0.2) is 21.2 Å². The van der Waals surface area contributed by atoms with E-state index in [2.05, 4.69) is 23.5 Å². The van der Waals surface area contributed by atoms with Gasteiger partial charge in [-0.15, -0.1) is 0 Å². The summed E-state index contributed by atoms with van der Waals surface area (Å²) >= 11 is 5.88. The molecule has 0 aliphatic carbocycles. The molecule has 3 nitrogen and oxygen atoms in total. The van der Waals surface area contributed by atoms with Crippen molar-refractivity contribution < 1.29 is 4.74 Å². The number of rotatable bonds is 6. The van der Waals surface area contributed by atoms with Crippen LogP contribution in [0, 0.1) is 0 Å². The highest BCUT2D eigenvalue weighted by molar-refractivity contribution is 6.30. The van der Waals surface area contributed by atoms with Crippen molar-refractivity contribution in [3.05, 3.63) is 58.6 Å². The molecule has 1 N–H and O–H groups in total. The number of hydrogen-bond acceptors (Lipinski definition) is 3. The highest BCUT2D eigenvalue weighted by Crippen LogP contribution is 2.27. The molecule has 112 valence electrons. The third-order valence-corrected chi connectivity index (χ3v) is 3.55. The summed E-state index contributed by atoms with van der Waals surface area (Å²) in [5.41, 5.74) is 3.50. The molecule has 0 unspecified atom stereocenters. The Morgan fingerprint density at radius 3 is 2.24 bits per heavy atom. The molecule has 0 heterocycles. The fourth-order valence-corrected chi connectivity index (χ4v) is 2.28. The average Bonchev–Trinajstić information content (AvgIpc) is 2.49. The van der Waals surface area contributed by atoms with Gasteiger partial charge >= 0.3 is 0 Å². The molecule has 4 heteroatoms. The fourth-order valence-electron chi connectivity index (χ4n) is 2.15. The van der Waals surface area contributed by atoms with Gasteiger partial charge in [-0.2, -0.15) is 0 Å². The van der Waals surface area contributed by atoms with Gasteiger partial charge < -0.3 is 15.0 Å². The Morgan fingerprint density at radius 1 is 1.00 bits per heavy atom. The smallest absolute Gasteiger partial charge is 0.142 e. The van der Waals surface area contributed by atoms with Crippen LogP contribution >= 0.6 is 11.6 Å². The summed E-state index contributed by atoms with van der Waals surface area (Å²) in [6.45, 7) is 1.61. The van der Waals surface area contributed by atoms with Crippen molar-refractivity contribution in [3.63, 3.8) is 0 Å². The lowest BCUT2D eigenvalue weighted by molar-refractivity contribution is 0.414. The maximum absolute atomic E-state index is 5.88. The Bertz CT molecular complexity index is 582. The van der Waals surface area contributed by atoms with Crippen molar-refractivity contribution in [2.45, 2.75) is 13.1 Å². The van der Waals surface area contributed by atoms with E-state index in [-0.39, 0.29) is 0 Å². The average molecular weight is 305 g/mol. The van der Waals surface area contributed by atoms with Crippen molar-refractivity contribution in [1.82, 2.24) is 5.32 Å². The van der Waals surface area contributed by atoms with Crippen LogP contribution in [0.5, 0.6) is 5.75 Å². The number of benzene rings is 2. The maximum atomic E-state index is 5.88. The highest BCUT2D eigenvalue weighted by Gasteiger charge is 2.06. The highest BCUT2D eigenvalue weighted by atomic mass is 35.5. The Kier molecular flexibility index (Phi) is 5.48. The molecular weight excluding hydrogens is 284 g/mol. The summed E-state index contributed by atoms with van der Waals surface area (Å²) in [5.74, 6) is 0.894. The lowest BCUT2D eigenvalue weighted by Gasteiger charge is -2.17. The largest absolute Gasteiger partial charge is 0.495 e. The van der Waals surface area contributed by atoms with E-state index in [9.17, 15) is 0 Å². The van der Waals surface area contributed by atoms with Crippen LogP contribution in [0.2, 0.25) is 5.02 Å². The molecule has 0 aliphatic rings. The second-order valence-corrected chi connectivity index (χ2v) is 5.57. The van der Waals surface area contributed by atoms with Gasteiger partial charge in [0.2, 0.25) is 0 Å². The van der Waals surface area contributed by atoms with Crippen LogP contribution in [-0.2, 0) is 13.1 Å². The number of anilines is 1. The Labute approximate surface area is 131 Å². The quantitative estimate of drug-likeness (QED) is 0.880. The van der Waals surface area contributed by atoms with Gasteiger partial charge in [0.15, 0.2) is 0 Å². The van der Waals surface area contributed by atoms with Crippen molar-refractivity contribution in [3.8, 4) is 5.75 Å². The van der Waals surface area contributed by atoms with Crippen LogP contribution in [0.1, 0.15) is 11.1 Å². The summed E-state index contributed by atoms with van der Waals surface area (Å²) in [5, 5.41) is 4.19. The zero-order chi connectivity index (χ0) is 15.2. The van der Waals surface area contributed by atoms with Crippen LogP contribution in [0.3, 0.4) is 0 Å². The van der Waals surface area contributed by atoms with E-state index < -0.39 is 0 Å². The van der Waals surface area contributed by atoms with Gasteiger partial charge in [-0.25, -0.2) is 0 Å². The van der Waals surface area contributed by atoms with E-state index >= 15 is 0 Å². The van der Waals surface area contributed by atoms with Gasteiger partial charge in [-0.3, -0.25) is 0 Å². The standard InChI is InChI=1S/C17H21ClN2O/c1-20(2)16-9-6-14(10-17(16)21-3)12-19-11-13-4-7-15(18)8-5-13/h4-10,19H,11-12H2,1-3H3. The summed E-state index contributed by atoms with van der Waals surface area (Å²) in [4.78, 5) is 2.05. The van der Waals surface area contributed by atoms with Crippen molar-refractivity contribution >= 4 is 17.3 Å². The predicted molar refractivity (Wildman–Crippen MR) is 89.3 cm³/mol. The molecule has 0 aromatic heterocycles. The lowest BCUT2D eigenvalue weighted by Crippen LogP contribution is -2.14.